The second-order valence-electron chi connectivity index (χ2n) is 5.29. The summed E-state index contributed by atoms with van der Waals surface area (Å²) in [4.78, 5) is 15.1. The maximum Gasteiger partial charge on any atom is 0.284 e. The molecule has 0 saturated carbocycles. The van der Waals surface area contributed by atoms with E-state index < -0.39 is 5.91 Å². The highest BCUT2D eigenvalue weighted by Crippen LogP contribution is 2.24. The summed E-state index contributed by atoms with van der Waals surface area (Å²) in [7, 11) is 0. The van der Waals surface area contributed by atoms with Gasteiger partial charge in [-0.05, 0) is 54.7 Å². The fourth-order valence-electron chi connectivity index (χ4n) is 2.60. The molecule has 1 heterocycles. The van der Waals surface area contributed by atoms with Crippen molar-refractivity contribution in [3.05, 3.63) is 53.0 Å². The van der Waals surface area contributed by atoms with E-state index in [1.807, 2.05) is 6.07 Å². The number of halogens is 1. The van der Waals surface area contributed by atoms with E-state index >= 15 is 0 Å². The van der Waals surface area contributed by atoms with E-state index in [2.05, 4.69) is 22.4 Å². The first-order valence-electron chi connectivity index (χ1n) is 7.19. The molecular formula is C16H19IN4O2. The van der Waals surface area contributed by atoms with Gasteiger partial charge in [-0.1, -0.05) is 6.07 Å². The third-order valence-corrected chi connectivity index (χ3v) is 3.68. The normalized spacial score (nSPS) is 13.3. The first-order chi connectivity index (χ1) is 10.6. The molecule has 1 aromatic heterocycles. The maximum atomic E-state index is 10.9. The Hall–Kier alpha value is -2.03. The van der Waals surface area contributed by atoms with Crippen LogP contribution in [0.1, 0.15) is 33.9 Å². The Morgan fingerprint density at radius 1 is 1.17 bits per heavy atom. The number of carbonyl (C=O) groups is 1. The molecule has 0 bridgehead atoms. The Bertz CT molecular complexity index is 739. The van der Waals surface area contributed by atoms with Crippen molar-refractivity contribution in [3.63, 3.8) is 0 Å². The number of nitrogens with two attached hydrogens (primary N) is 2. The molecule has 0 saturated heterocycles. The van der Waals surface area contributed by atoms with Gasteiger partial charge in [-0.15, -0.1) is 24.0 Å². The molecule has 1 aliphatic rings. The van der Waals surface area contributed by atoms with Gasteiger partial charge in [-0.2, -0.15) is 0 Å². The first kappa shape index (κ1) is 17.3. The number of carbonyl (C=O) groups excluding carboxylic acids is 1. The predicted octanol–water partition coefficient (Wildman–Crippen LogP) is 2.41. The Labute approximate surface area is 151 Å². The van der Waals surface area contributed by atoms with Gasteiger partial charge in [0.2, 0.25) is 0 Å². The van der Waals surface area contributed by atoms with Crippen molar-refractivity contribution in [2.45, 2.75) is 25.8 Å². The van der Waals surface area contributed by atoms with Gasteiger partial charge in [0, 0.05) is 5.69 Å². The highest BCUT2D eigenvalue weighted by Gasteiger charge is 2.11. The average molecular weight is 426 g/mol. The monoisotopic (exact) mass is 426 g/mol. The van der Waals surface area contributed by atoms with Gasteiger partial charge in [0.15, 0.2) is 11.7 Å². The molecule has 0 spiro atoms. The number of hydrogen-bond donors (Lipinski definition) is 3. The van der Waals surface area contributed by atoms with Crippen LogP contribution in [0.15, 0.2) is 39.7 Å². The van der Waals surface area contributed by atoms with Gasteiger partial charge < -0.3 is 21.2 Å². The number of fused-ring (bicyclic) bond motifs is 1. The minimum atomic E-state index is -0.598. The Kier molecular flexibility index (Phi) is 5.64. The summed E-state index contributed by atoms with van der Waals surface area (Å²) in [5.74, 6) is 0.359. The van der Waals surface area contributed by atoms with E-state index in [4.69, 9.17) is 15.9 Å². The minimum Gasteiger partial charge on any atom is -0.454 e. The summed E-state index contributed by atoms with van der Waals surface area (Å²) in [6, 6.07) is 9.43. The number of rotatable bonds is 4. The van der Waals surface area contributed by atoms with Crippen LogP contribution >= 0.6 is 24.0 Å². The summed E-state index contributed by atoms with van der Waals surface area (Å²) in [6.45, 7) is 0.247. The number of guanidine groups is 1. The molecule has 1 aromatic carbocycles. The molecule has 5 N–H and O–H groups in total. The van der Waals surface area contributed by atoms with E-state index in [1.54, 1.807) is 6.07 Å². The molecule has 122 valence electrons. The molecule has 7 heteroatoms. The Morgan fingerprint density at radius 3 is 2.70 bits per heavy atom. The van der Waals surface area contributed by atoms with E-state index in [-0.39, 0.29) is 36.3 Å². The Morgan fingerprint density at radius 2 is 1.96 bits per heavy atom. The molecule has 0 aliphatic heterocycles. The average Bonchev–Trinajstić information content (AvgIpc) is 3.13. The fourth-order valence-corrected chi connectivity index (χ4v) is 2.60. The highest BCUT2D eigenvalue weighted by molar-refractivity contribution is 14.0. The largest absolute Gasteiger partial charge is 0.454 e. The van der Waals surface area contributed by atoms with Gasteiger partial charge in [0.1, 0.15) is 12.3 Å². The van der Waals surface area contributed by atoms with E-state index in [0.717, 1.165) is 18.5 Å². The minimum absolute atomic E-state index is 0. The summed E-state index contributed by atoms with van der Waals surface area (Å²) >= 11 is 0. The molecule has 1 aliphatic carbocycles. The van der Waals surface area contributed by atoms with Crippen LogP contribution in [0.4, 0.5) is 5.69 Å². The number of amides is 1. The van der Waals surface area contributed by atoms with Crippen LogP contribution in [-0.4, -0.2) is 11.9 Å². The van der Waals surface area contributed by atoms with Crippen molar-refractivity contribution in [2.24, 2.45) is 16.5 Å². The predicted molar refractivity (Wildman–Crippen MR) is 100 cm³/mol. The lowest BCUT2D eigenvalue weighted by atomic mass is 10.1. The SMILES string of the molecule is I.NC(=O)c1ccc(CN=C(N)Nc2ccc3c(c2)CCC3)o1. The van der Waals surface area contributed by atoms with Crippen molar-refractivity contribution in [1.82, 2.24) is 0 Å². The van der Waals surface area contributed by atoms with Crippen molar-refractivity contribution in [2.75, 3.05) is 5.32 Å². The molecule has 1 amide bonds. The number of nitrogens with zero attached hydrogens (tertiary/aromatic N) is 1. The number of primary amides is 1. The van der Waals surface area contributed by atoms with Crippen LogP contribution in [0, 0.1) is 0 Å². The molecule has 0 unspecified atom stereocenters. The van der Waals surface area contributed by atoms with Crippen LogP contribution < -0.4 is 16.8 Å². The number of benzene rings is 1. The van der Waals surface area contributed by atoms with Crippen molar-refractivity contribution in [1.29, 1.82) is 0 Å². The van der Waals surface area contributed by atoms with E-state index in [1.165, 1.54) is 23.6 Å². The highest BCUT2D eigenvalue weighted by atomic mass is 127. The van der Waals surface area contributed by atoms with Crippen LogP contribution in [0.25, 0.3) is 0 Å². The van der Waals surface area contributed by atoms with Gasteiger partial charge in [-0.25, -0.2) is 4.99 Å². The Balaban J connectivity index is 0.00000192. The lowest BCUT2D eigenvalue weighted by Gasteiger charge is -2.07. The fraction of sp³-hybridized carbons (Fsp3) is 0.250. The maximum absolute atomic E-state index is 10.9. The number of nitrogens with one attached hydrogen (secondary N) is 1. The molecule has 2 aromatic rings. The lowest BCUT2D eigenvalue weighted by Crippen LogP contribution is -2.22. The van der Waals surface area contributed by atoms with E-state index in [0.29, 0.717) is 11.7 Å². The smallest absolute Gasteiger partial charge is 0.284 e. The standard InChI is InChI=1S/C16H18N4O2.HI/c17-15(21)14-7-6-13(22-14)9-19-16(18)20-12-5-4-10-2-1-3-11(10)8-12;/h4-8H,1-3,9H2,(H2,17,21)(H3,18,19,20);1H. The lowest BCUT2D eigenvalue weighted by molar-refractivity contribution is 0.0972. The first-order valence-corrected chi connectivity index (χ1v) is 7.19. The number of hydrogen-bond acceptors (Lipinski definition) is 3. The third-order valence-electron chi connectivity index (χ3n) is 3.68. The number of aliphatic imine (C=N–C) groups is 1. The van der Waals surface area contributed by atoms with Crippen molar-refractivity contribution < 1.29 is 9.21 Å². The zero-order valence-electron chi connectivity index (χ0n) is 12.5. The van der Waals surface area contributed by atoms with Gasteiger partial charge >= 0.3 is 0 Å². The molecule has 3 rings (SSSR count). The molecular weight excluding hydrogens is 407 g/mol. The van der Waals surface area contributed by atoms with Crippen LogP contribution in [0.3, 0.4) is 0 Å². The summed E-state index contributed by atoms with van der Waals surface area (Å²) in [6.07, 6.45) is 3.48. The molecule has 0 atom stereocenters. The number of anilines is 1. The summed E-state index contributed by atoms with van der Waals surface area (Å²) in [5.41, 5.74) is 14.7. The second-order valence-corrected chi connectivity index (χ2v) is 5.29. The summed E-state index contributed by atoms with van der Waals surface area (Å²) in [5, 5.41) is 3.07. The van der Waals surface area contributed by atoms with Crippen LogP contribution in [0.2, 0.25) is 0 Å². The van der Waals surface area contributed by atoms with Crippen molar-refractivity contribution >= 4 is 41.5 Å². The van der Waals surface area contributed by atoms with E-state index in [9.17, 15) is 4.79 Å². The quantitative estimate of drug-likeness (QED) is 0.397. The topological polar surface area (TPSA) is 107 Å². The molecule has 0 fully saturated rings. The molecule has 23 heavy (non-hydrogen) atoms. The van der Waals surface area contributed by atoms with Gasteiger partial charge in [0.25, 0.3) is 5.91 Å². The summed E-state index contributed by atoms with van der Waals surface area (Å²) < 4.78 is 5.24. The zero-order chi connectivity index (χ0) is 15.5. The molecule has 0 radical (unpaired) electrons. The van der Waals surface area contributed by atoms with Crippen LogP contribution in [0.5, 0.6) is 0 Å². The number of furan rings is 1. The van der Waals surface area contributed by atoms with Gasteiger partial charge in [-0.3, -0.25) is 4.79 Å². The third kappa shape index (κ3) is 4.25. The van der Waals surface area contributed by atoms with Crippen molar-refractivity contribution in [3.8, 4) is 0 Å². The van der Waals surface area contributed by atoms with Crippen LogP contribution in [-0.2, 0) is 19.4 Å². The number of aryl methyl sites for hydroxylation is 2. The molecule has 6 nitrogen and oxygen atoms in total. The second kappa shape index (κ2) is 7.49. The zero-order valence-corrected chi connectivity index (χ0v) is 14.9. The van der Waals surface area contributed by atoms with Gasteiger partial charge in [0.05, 0.1) is 0 Å².